The number of carbonyl (C=O) groups excluding carboxylic acids is 1. The van der Waals surface area contributed by atoms with Gasteiger partial charge in [0.15, 0.2) is 0 Å². The van der Waals surface area contributed by atoms with E-state index in [0.29, 0.717) is 12.8 Å². The minimum atomic E-state index is -1.45. The first-order valence-corrected chi connectivity index (χ1v) is 7.32. The summed E-state index contributed by atoms with van der Waals surface area (Å²) in [5, 5.41) is 21.4. The number of nitrogens with one attached hydrogen (secondary N) is 1. The molecule has 1 aromatic carbocycles. The summed E-state index contributed by atoms with van der Waals surface area (Å²) < 4.78 is 0. The zero-order valence-corrected chi connectivity index (χ0v) is 14.0. The number of halogens is 1. The smallest absolute Gasteiger partial charge is 0.326 e. The fourth-order valence-corrected chi connectivity index (χ4v) is 2.14. The minimum Gasteiger partial charge on any atom is -1.00 e. The van der Waals surface area contributed by atoms with Gasteiger partial charge in [0.1, 0.15) is 12.1 Å². The van der Waals surface area contributed by atoms with Gasteiger partial charge in [0.2, 0.25) is 0 Å². The maximum absolute atomic E-state index is 12.0. The van der Waals surface area contributed by atoms with Gasteiger partial charge in [-0.25, -0.2) is 4.79 Å². The van der Waals surface area contributed by atoms with E-state index in [1.165, 1.54) is 0 Å². The lowest BCUT2D eigenvalue weighted by atomic mass is 10.00. The molecule has 1 rings (SSSR count). The van der Waals surface area contributed by atoms with Gasteiger partial charge in [-0.2, -0.15) is 0 Å². The zero-order valence-electron chi connectivity index (χ0n) is 13.3. The molecule has 0 radical (unpaired) electrons. The predicted molar refractivity (Wildman–Crippen MR) is 83.1 cm³/mol. The highest BCUT2D eigenvalue weighted by Gasteiger charge is 2.28. The van der Waals surface area contributed by atoms with Crippen LogP contribution in [0.5, 0.6) is 0 Å². The minimum absolute atomic E-state index is 0. The Hall–Kier alpha value is -1.63. The van der Waals surface area contributed by atoms with Crippen LogP contribution in [0.1, 0.15) is 25.8 Å². The molecule has 0 spiro atoms. The van der Waals surface area contributed by atoms with Crippen LogP contribution in [0.4, 0.5) is 0 Å². The van der Waals surface area contributed by atoms with E-state index in [1.54, 1.807) is 0 Å². The highest BCUT2D eigenvalue weighted by Crippen LogP contribution is 2.08. The van der Waals surface area contributed by atoms with Crippen molar-refractivity contribution in [3.8, 4) is 0 Å². The molecule has 0 saturated carbocycles. The molecule has 0 heterocycles. The second kappa shape index (κ2) is 10.2. The number of nitrogens with two attached hydrogens (primary N) is 1. The number of carbonyl (C=O) groups is 2. The molecule has 1 aromatic rings. The molecule has 0 saturated heterocycles. The van der Waals surface area contributed by atoms with Gasteiger partial charge in [0.05, 0.1) is 0 Å². The first-order chi connectivity index (χ1) is 10.3. The first kappa shape index (κ1) is 21.4. The normalized spacial score (nSPS) is 14.5. The average Bonchev–Trinajstić information content (AvgIpc) is 2.46. The number of carboxylic acid groups (broad SMARTS) is 1. The van der Waals surface area contributed by atoms with Crippen LogP contribution in [-0.4, -0.2) is 40.3 Å². The molecular weight excluding hydrogens is 320 g/mol. The molecule has 6 nitrogen and oxygen atoms in total. The molecule has 0 bridgehead atoms. The summed E-state index contributed by atoms with van der Waals surface area (Å²) in [5.41, 5.74) is 6.75. The van der Waals surface area contributed by atoms with Gasteiger partial charge in [-0.05, 0) is 24.3 Å². The van der Waals surface area contributed by atoms with Crippen LogP contribution in [0.15, 0.2) is 30.3 Å². The summed E-state index contributed by atoms with van der Waals surface area (Å²) in [4.78, 5) is 23.1. The second-order valence-corrected chi connectivity index (χ2v) is 5.83. The summed E-state index contributed by atoms with van der Waals surface area (Å²) in [7, 11) is 0. The van der Waals surface area contributed by atoms with Crippen LogP contribution in [-0.2, 0) is 16.0 Å². The monoisotopic (exact) mass is 343 g/mol. The number of aliphatic hydroxyl groups excluding tert-OH is 1. The number of hydrogen-bond donors (Lipinski definition) is 4. The van der Waals surface area contributed by atoms with Gasteiger partial charge < -0.3 is 33.7 Å². The van der Waals surface area contributed by atoms with Crippen molar-refractivity contribution in [3.05, 3.63) is 35.9 Å². The van der Waals surface area contributed by atoms with Crippen molar-refractivity contribution in [1.82, 2.24) is 5.32 Å². The Morgan fingerprint density at radius 2 is 1.78 bits per heavy atom. The number of carboxylic acids is 1. The molecule has 3 atom stereocenters. The van der Waals surface area contributed by atoms with Crippen molar-refractivity contribution in [2.75, 3.05) is 0 Å². The standard InChI is InChI=1S/C16H24N2O4.ClH/c1-10(2)8-13(16(21)22)18-15(20)14(19)12(17)9-11-6-4-3-5-7-11;/h3-7,10,12-14,19H,8-9,17H2,1-2H3,(H,18,20)(H,21,22);1H/p-1/t12-,13+,14+;/m1./s1. The third kappa shape index (κ3) is 7.45. The van der Waals surface area contributed by atoms with Gasteiger partial charge in [-0.3, -0.25) is 4.79 Å². The van der Waals surface area contributed by atoms with Crippen molar-refractivity contribution < 1.29 is 32.2 Å². The van der Waals surface area contributed by atoms with E-state index in [1.807, 2.05) is 44.2 Å². The number of rotatable bonds is 8. The van der Waals surface area contributed by atoms with E-state index in [9.17, 15) is 14.7 Å². The number of benzene rings is 1. The Bertz CT molecular complexity index is 496. The molecule has 0 unspecified atom stereocenters. The lowest BCUT2D eigenvalue weighted by Crippen LogP contribution is -3.00. The Morgan fingerprint density at radius 3 is 2.26 bits per heavy atom. The van der Waals surface area contributed by atoms with Gasteiger partial charge in [0, 0.05) is 6.04 Å². The summed E-state index contributed by atoms with van der Waals surface area (Å²) in [6.45, 7) is 3.72. The van der Waals surface area contributed by atoms with E-state index in [0.717, 1.165) is 5.56 Å². The van der Waals surface area contributed by atoms with E-state index in [2.05, 4.69) is 5.32 Å². The third-order valence-corrected chi connectivity index (χ3v) is 3.31. The van der Waals surface area contributed by atoms with Gasteiger partial charge in [-0.15, -0.1) is 0 Å². The number of aliphatic carboxylic acids is 1. The van der Waals surface area contributed by atoms with Crippen LogP contribution in [0.3, 0.4) is 0 Å². The van der Waals surface area contributed by atoms with Crippen LogP contribution in [0.2, 0.25) is 0 Å². The molecule has 0 aliphatic heterocycles. The lowest BCUT2D eigenvalue weighted by molar-refractivity contribution is -0.144. The summed E-state index contributed by atoms with van der Waals surface area (Å²) in [6, 6.07) is 7.44. The lowest BCUT2D eigenvalue weighted by Gasteiger charge is -2.22. The Balaban J connectivity index is 0.00000484. The molecular formula is C16H24ClN2O4-. The van der Waals surface area contributed by atoms with Crippen LogP contribution >= 0.6 is 0 Å². The van der Waals surface area contributed by atoms with Crippen LogP contribution in [0.25, 0.3) is 0 Å². The fraction of sp³-hybridized carbons (Fsp3) is 0.500. The first-order valence-electron chi connectivity index (χ1n) is 7.32. The SMILES string of the molecule is CC(C)C[C@H](NC(=O)[C@@H](O)[C@H](N)Cc1ccccc1)C(=O)O.[Cl-]. The fourth-order valence-electron chi connectivity index (χ4n) is 2.14. The molecule has 0 fully saturated rings. The molecule has 0 aliphatic carbocycles. The summed E-state index contributed by atoms with van der Waals surface area (Å²) in [6.07, 6.45) is -0.826. The Labute approximate surface area is 142 Å². The quantitative estimate of drug-likeness (QED) is 0.418. The maximum atomic E-state index is 12.0. The van der Waals surface area contributed by atoms with Gasteiger partial charge in [-0.1, -0.05) is 44.2 Å². The van der Waals surface area contributed by atoms with E-state index in [4.69, 9.17) is 10.8 Å². The molecule has 5 N–H and O–H groups in total. The number of hydrogen-bond acceptors (Lipinski definition) is 4. The molecule has 7 heteroatoms. The Morgan fingerprint density at radius 1 is 1.22 bits per heavy atom. The van der Waals surface area contributed by atoms with Crippen LogP contribution < -0.4 is 23.5 Å². The van der Waals surface area contributed by atoms with E-state index >= 15 is 0 Å². The van der Waals surface area contributed by atoms with Crippen molar-refractivity contribution in [2.24, 2.45) is 11.7 Å². The molecule has 1 amide bonds. The summed E-state index contributed by atoms with van der Waals surface area (Å²) in [5.74, 6) is -1.76. The average molecular weight is 344 g/mol. The van der Waals surface area contributed by atoms with E-state index in [-0.39, 0.29) is 18.3 Å². The molecule has 130 valence electrons. The summed E-state index contributed by atoms with van der Waals surface area (Å²) >= 11 is 0. The third-order valence-electron chi connectivity index (χ3n) is 3.31. The zero-order chi connectivity index (χ0) is 16.7. The largest absolute Gasteiger partial charge is 1.00 e. The van der Waals surface area contributed by atoms with Gasteiger partial charge >= 0.3 is 5.97 Å². The number of amides is 1. The van der Waals surface area contributed by atoms with E-state index < -0.39 is 30.1 Å². The topological polar surface area (TPSA) is 113 Å². The van der Waals surface area contributed by atoms with Crippen molar-refractivity contribution in [1.29, 1.82) is 0 Å². The Kier molecular flexibility index (Phi) is 9.48. The van der Waals surface area contributed by atoms with Gasteiger partial charge in [0.25, 0.3) is 5.91 Å². The van der Waals surface area contributed by atoms with Crippen molar-refractivity contribution >= 4 is 11.9 Å². The second-order valence-electron chi connectivity index (χ2n) is 5.83. The molecule has 0 aliphatic rings. The highest BCUT2D eigenvalue weighted by atomic mass is 35.5. The highest BCUT2D eigenvalue weighted by molar-refractivity contribution is 5.86. The van der Waals surface area contributed by atoms with Crippen molar-refractivity contribution in [3.63, 3.8) is 0 Å². The molecule has 23 heavy (non-hydrogen) atoms. The van der Waals surface area contributed by atoms with Crippen molar-refractivity contribution in [2.45, 2.75) is 44.9 Å². The molecule has 0 aromatic heterocycles. The van der Waals surface area contributed by atoms with Crippen LogP contribution in [0, 0.1) is 5.92 Å². The predicted octanol–water partition coefficient (Wildman–Crippen LogP) is -2.46. The maximum Gasteiger partial charge on any atom is 0.326 e. The number of aliphatic hydroxyl groups is 1.